The lowest BCUT2D eigenvalue weighted by atomic mass is 10.1. The normalized spacial score (nSPS) is 12.7. The topological polar surface area (TPSA) is 66.0 Å². The maximum atomic E-state index is 7.39. The summed E-state index contributed by atoms with van der Waals surface area (Å²) in [5.41, 5.74) is 6.67. The van der Waals surface area contributed by atoms with Crippen molar-refractivity contribution in [3.05, 3.63) is 30.1 Å². The van der Waals surface area contributed by atoms with Crippen LogP contribution in [0, 0.1) is 11.3 Å². The van der Waals surface area contributed by atoms with E-state index in [0.717, 1.165) is 19.6 Å². The van der Waals surface area contributed by atoms with Gasteiger partial charge in [0.1, 0.15) is 0 Å². The van der Waals surface area contributed by atoms with Crippen molar-refractivity contribution in [1.82, 2.24) is 9.88 Å². The highest BCUT2D eigenvalue weighted by atomic mass is 15.1. The van der Waals surface area contributed by atoms with Crippen LogP contribution in [0.3, 0.4) is 0 Å². The Morgan fingerprint density at radius 1 is 1.62 bits per heavy atom. The number of hydrogen-bond acceptors (Lipinski definition) is 3. The van der Waals surface area contributed by atoms with Crippen LogP contribution in [0.15, 0.2) is 24.5 Å². The van der Waals surface area contributed by atoms with Crippen LogP contribution in [0.4, 0.5) is 0 Å². The van der Waals surface area contributed by atoms with Crippen LogP contribution in [0.2, 0.25) is 0 Å². The van der Waals surface area contributed by atoms with Crippen LogP contribution in [-0.2, 0) is 6.54 Å². The number of rotatable bonds is 6. The SMILES string of the molecule is CCN(Cc1cccnc1)CC(C)C(=N)N. The Balaban J connectivity index is 2.53. The molecule has 0 saturated heterocycles. The molecule has 4 nitrogen and oxygen atoms in total. The molecule has 16 heavy (non-hydrogen) atoms. The van der Waals surface area contributed by atoms with E-state index in [9.17, 15) is 0 Å². The molecule has 0 aliphatic heterocycles. The molecule has 0 radical (unpaired) electrons. The summed E-state index contributed by atoms with van der Waals surface area (Å²) in [5, 5.41) is 7.39. The number of nitrogens with one attached hydrogen (secondary N) is 1. The lowest BCUT2D eigenvalue weighted by molar-refractivity contribution is 0.263. The number of amidine groups is 1. The Labute approximate surface area is 97.0 Å². The van der Waals surface area contributed by atoms with Crippen LogP contribution in [0.25, 0.3) is 0 Å². The minimum atomic E-state index is 0.108. The van der Waals surface area contributed by atoms with Crippen LogP contribution >= 0.6 is 0 Å². The predicted molar refractivity (Wildman–Crippen MR) is 66.3 cm³/mol. The Morgan fingerprint density at radius 2 is 2.38 bits per heavy atom. The molecule has 1 aromatic heterocycles. The summed E-state index contributed by atoms with van der Waals surface area (Å²) in [6, 6.07) is 4.01. The first-order valence-corrected chi connectivity index (χ1v) is 5.58. The lowest BCUT2D eigenvalue weighted by Gasteiger charge is -2.23. The van der Waals surface area contributed by atoms with Gasteiger partial charge in [-0.05, 0) is 18.2 Å². The summed E-state index contributed by atoms with van der Waals surface area (Å²) in [5.74, 6) is 0.362. The second-order valence-corrected chi connectivity index (χ2v) is 4.05. The molecule has 88 valence electrons. The number of nitrogens with zero attached hydrogens (tertiary/aromatic N) is 2. The molecule has 1 unspecified atom stereocenters. The first-order chi connectivity index (χ1) is 7.63. The number of nitrogens with two attached hydrogens (primary N) is 1. The summed E-state index contributed by atoms with van der Waals surface area (Å²) in [6.45, 7) is 6.73. The molecule has 0 aliphatic rings. The molecule has 0 aromatic carbocycles. The van der Waals surface area contributed by atoms with Gasteiger partial charge in [-0.2, -0.15) is 0 Å². The third-order valence-electron chi connectivity index (χ3n) is 2.64. The van der Waals surface area contributed by atoms with Crippen molar-refractivity contribution < 1.29 is 0 Å². The fourth-order valence-electron chi connectivity index (χ4n) is 1.54. The maximum Gasteiger partial charge on any atom is 0.0947 e. The zero-order chi connectivity index (χ0) is 12.0. The third-order valence-corrected chi connectivity index (χ3v) is 2.64. The summed E-state index contributed by atoms with van der Waals surface area (Å²) in [7, 11) is 0. The van der Waals surface area contributed by atoms with E-state index < -0.39 is 0 Å². The molecule has 1 aromatic rings. The van der Waals surface area contributed by atoms with Gasteiger partial charge in [0.25, 0.3) is 0 Å². The average Bonchev–Trinajstić information content (AvgIpc) is 2.29. The van der Waals surface area contributed by atoms with E-state index in [2.05, 4.69) is 22.9 Å². The van der Waals surface area contributed by atoms with Gasteiger partial charge in [-0.1, -0.05) is 19.9 Å². The monoisotopic (exact) mass is 220 g/mol. The van der Waals surface area contributed by atoms with Crippen molar-refractivity contribution in [2.75, 3.05) is 13.1 Å². The van der Waals surface area contributed by atoms with Gasteiger partial charge in [-0.15, -0.1) is 0 Å². The Kier molecular flexibility index (Phi) is 4.92. The molecule has 1 heterocycles. The molecule has 0 saturated carbocycles. The summed E-state index contributed by atoms with van der Waals surface area (Å²) >= 11 is 0. The summed E-state index contributed by atoms with van der Waals surface area (Å²) in [4.78, 5) is 6.36. The van der Waals surface area contributed by atoms with E-state index in [-0.39, 0.29) is 11.8 Å². The molecule has 0 bridgehead atoms. The van der Waals surface area contributed by atoms with Crippen molar-refractivity contribution >= 4 is 5.84 Å². The molecule has 0 spiro atoms. The minimum Gasteiger partial charge on any atom is -0.387 e. The predicted octanol–water partition coefficient (Wildman–Crippen LogP) is 1.48. The molecule has 0 aliphatic carbocycles. The Morgan fingerprint density at radius 3 is 2.88 bits per heavy atom. The molecule has 3 N–H and O–H groups in total. The van der Waals surface area contributed by atoms with Gasteiger partial charge < -0.3 is 5.73 Å². The van der Waals surface area contributed by atoms with Gasteiger partial charge in [-0.25, -0.2) is 0 Å². The molecule has 1 atom stereocenters. The van der Waals surface area contributed by atoms with Crippen LogP contribution in [0.5, 0.6) is 0 Å². The van der Waals surface area contributed by atoms with Crippen molar-refractivity contribution in [1.29, 1.82) is 5.41 Å². The largest absolute Gasteiger partial charge is 0.387 e. The third kappa shape index (κ3) is 3.98. The van der Waals surface area contributed by atoms with Gasteiger partial charge in [0.2, 0.25) is 0 Å². The Bertz CT molecular complexity index is 323. The van der Waals surface area contributed by atoms with Crippen LogP contribution in [-0.4, -0.2) is 28.8 Å². The highest BCUT2D eigenvalue weighted by molar-refractivity contribution is 5.79. The van der Waals surface area contributed by atoms with E-state index >= 15 is 0 Å². The number of pyridine rings is 1. The Hall–Kier alpha value is -1.42. The van der Waals surface area contributed by atoms with Crippen molar-refractivity contribution in [2.45, 2.75) is 20.4 Å². The lowest BCUT2D eigenvalue weighted by Crippen LogP contribution is -2.34. The average molecular weight is 220 g/mol. The minimum absolute atomic E-state index is 0.108. The smallest absolute Gasteiger partial charge is 0.0947 e. The molecule has 4 heteroatoms. The number of hydrogen-bond donors (Lipinski definition) is 2. The van der Waals surface area contributed by atoms with Crippen molar-refractivity contribution in [3.63, 3.8) is 0 Å². The van der Waals surface area contributed by atoms with Crippen molar-refractivity contribution in [3.8, 4) is 0 Å². The fraction of sp³-hybridized carbons (Fsp3) is 0.500. The van der Waals surface area contributed by atoms with Gasteiger partial charge in [0, 0.05) is 31.4 Å². The zero-order valence-corrected chi connectivity index (χ0v) is 9.98. The quantitative estimate of drug-likeness (QED) is 0.563. The van der Waals surface area contributed by atoms with E-state index in [1.807, 2.05) is 19.2 Å². The zero-order valence-electron chi connectivity index (χ0n) is 9.98. The van der Waals surface area contributed by atoms with Gasteiger partial charge in [0.15, 0.2) is 0 Å². The molecular weight excluding hydrogens is 200 g/mol. The molecule has 0 amide bonds. The summed E-state index contributed by atoms with van der Waals surface area (Å²) in [6.07, 6.45) is 3.65. The standard InChI is InChI=1S/C12H20N4/c1-3-16(8-10(2)12(13)14)9-11-5-4-6-15-7-11/h4-7,10H,3,8-9H2,1-2H3,(H3,13,14). The number of aromatic nitrogens is 1. The second-order valence-electron chi connectivity index (χ2n) is 4.05. The molecule has 0 fully saturated rings. The van der Waals surface area contributed by atoms with Gasteiger partial charge >= 0.3 is 0 Å². The van der Waals surface area contributed by atoms with Crippen LogP contribution < -0.4 is 5.73 Å². The first kappa shape index (κ1) is 12.6. The molecule has 1 rings (SSSR count). The maximum absolute atomic E-state index is 7.39. The second kappa shape index (κ2) is 6.23. The van der Waals surface area contributed by atoms with Crippen LogP contribution in [0.1, 0.15) is 19.4 Å². The van der Waals surface area contributed by atoms with Gasteiger partial charge in [-0.3, -0.25) is 15.3 Å². The summed E-state index contributed by atoms with van der Waals surface area (Å²) < 4.78 is 0. The van der Waals surface area contributed by atoms with Crippen molar-refractivity contribution in [2.24, 2.45) is 11.7 Å². The van der Waals surface area contributed by atoms with E-state index in [4.69, 9.17) is 11.1 Å². The van der Waals surface area contributed by atoms with E-state index in [1.165, 1.54) is 5.56 Å². The molecular formula is C12H20N4. The fourth-order valence-corrected chi connectivity index (χ4v) is 1.54. The highest BCUT2D eigenvalue weighted by Crippen LogP contribution is 2.06. The van der Waals surface area contributed by atoms with Gasteiger partial charge in [0.05, 0.1) is 5.84 Å². The highest BCUT2D eigenvalue weighted by Gasteiger charge is 2.11. The van der Waals surface area contributed by atoms with E-state index in [1.54, 1.807) is 6.20 Å². The van der Waals surface area contributed by atoms with E-state index in [0.29, 0.717) is 0 Å². The first-order valence-electron chi connectivity index (χ1n) is 5.58.